The highest BCUT2D eigenvalue weighted by Crippen LogP contribution is 2.27. The van der Waals surface area contributed by atoms with Crippen LogP contribution in [0.4, 0.5) is 11.6 Å². The fourth-order valence-corrected chi connectivity index (χ4v) is 4.00. The monoisotopic (exact) mass is 483 g/mol. The zero-order valence-electron chi connectivity index (χ0n) is 17.9. The van der Waals surface area contributed by atoms with Gasteiger partial charge < -0.3 is 9.64 Å². The van der Waals surface area contributed by atoms with Crippen LogP contribution < -0.4 is 15.8 Å². The summed E-state index contributed by atoms with van der Waals surface area (Å²) in [5, 5.41) is 20.0. The number of rotatable bonds is 7. The number of hydrazine groups is 1. The number of ether oxygens (including phenoxy) is 1. The number of thioether (sulfide) groups is 1. The Hall–Kier alpha value is -3.97. The molecule has 0 atom stereocenters. The number of hydrogen-bond donors (Lipinski definition) is 2. The summed E-state index contributed by atoms with van der Waals surface area (Å²) in [6.07, 6.45) is 0. The SMILES string of the molecule is O=C(CSc1nnc(N2CCOCC2)n1-c1ccccc1)NNC(=O)c1cccc([N+](=O)[O-])c1. The fraction of sp³-hybridized carbons (Fsp3) is 0.238. The summed E-state index contributed by atoms with van der Waals surface area (Å²) in [7, 11) is 0. The number of nitrogens with one attached hydrogen (secondary N) is 2. The average Bonchev–Trinajstić information content (AvgIpc) is 3.31. The first kappa shape index (κ1) is 23.2. The number of morpholine rings is 1. The molecule has 2 amide bonds. The summed E-state index contributed by atoms with van der Waals surface area (Å²) in [6.45, 7) is 2.55. The molecule has 1 aliphatic heterocycles. The lowest BCUT2D eigenvalue weighted by atomic mass is 10.2. The van der Waals surface area contributed by atoms with Gasteiger partial charge in [-0.15, -0.1) is 10.2 Å². The molecule has 2 heterocycles. The van der Waals surface area contributed by atoms with Crippen molar-refractivity contribution in [1.82, 2.24) is 25.6 Å². The number of carbonyl (C=O) groups excluding carboxylic acids is 2. The van der Waals surface area contributed by atoms with E-state index in [0.717, 1.165) is 11.8 Å². The van der Waals surface area contributed by atoms with E-state index in [4.69, 9.17) is 4.74 Å². The molecular weight excluding hydrogens is 462 g/mol. The average molecular weight is 484 g/mol. The van der Waals surface area contributed by atoms with Crippen molar-refractivity contribution in [2.45, 2.75) is 5.16 Å². The summed E-state index contributed by atoms with van der Waals surface area (Å²) < 4.78 is 7.30. The van der Waals surface area contributed by atoms with Crippen molar-refractivity contribution in [2.75, 3.05) is 37.0 Å². The molecule has 2 aromatic carbocycles. The van der Waals surface area contributed by atoms with Gasteiger partial charge in [0.25, 0.3) is 11.6 Å². The molecule has 1 aliphatic rings. The van der Waals surface area contributed by atoms with Crippen LogP contribution in [0.5, 0.6) is 0 Å². The molecule has 0 unspecified atom stereocenters. The number of para-hydroxylation sites is 1. The van der Waals surface area contributed by atoms with Gasteiger partial charge in [0.2, 0.25) is 11.9 Å². The maximum atomic E-state index is 12.3. The molecule has 0 bridgehead atoms. The molecule has 0 aliphatic carbocycles. The van der Waals surface area contributed by atoms with E-state index in [0.29, 0.717) is 37.4 Å². The number of nitro groups is 1. The topological polar surface area (TPSA) is 145 Å². The number of hydrogen-bond acceptors (Lipinski definition) is 9. The summed E-state index contributed by atoms with van der Waals surface area (Å²) in [5.74, 6) is -0.511. The second-order valence-electron chi connectivity index (χ2n) is 7.15. The molecule has 4 rings (SSSR count). The molecule has 1 aromatic heterocycles. The van der Waals surface area contributed by atoms with Gasteiger partial charge in [-0.1, -0.05) is 36.0 Å². The van der Waals surface area contributed by atoms with E-state index < -0.39 is 16.7 Å². The van der Waals surface area contributed by atoms with Crippen molar-refractivity contribution in [3.63, 3.8) is 0 Å². The number of anilines is 1. The van der Waals surface area contributed by atoms with E-state index in [1.54, 1.807) is 0 Å². The Kier molecular flexibility index (Phi) is 7.34. The Balaban J connectivity index is 1.40. The number of non-ortho nitro benzene ring substituents is 1. The maximum Gasteiger partial charge on any atom is 0.270 e. The lowest BCUT2D eigenvalue weighted by molar-refractivity contribution is -0.384. The summed E-state index contributed by atoms with van der Waals surface area (Å²) in [5.41, 5.74) is 5.28. The van der Waals surface area contributed by atoms with Crippen LogP contribution in [0.2, 0.25) is 0 Å². The number of aromatic nitrogens is 3. The van der Waals surface area contributed by atoms with E-state index in [1.807, 2.05) is 34.9 Å². The Labute approximate surface area is 198 Å². The van der Waals surface area contributed by atoms with Crippen LogP contribution in [0.15, 0.2) is 59.8 Å². The molecule has 13 heteroatoms. The number of carbonyl (C=O) groups is 2. The van der Waals surface area contributed by atoms with Gasteiger partial charge in [-0.2, -0.15) is 0 Å². The highest BCUT2D eigenvalue weighted by atomic mass is 32.2. The lowest BCUT2D eigenvalue weighted by Crippen LogP contribution is -2.42. The molecule has 176 valence electrons. The fourth-order valence-electron chi connectivity index (χ4n) is 3.25. The van der Waals surface area contributed by atoms with Gasteiger partial charge in [0.15, 0.2) is 5.16 Å². The van der Waals surface area contributed by atoms with E-state index in [9.17, 15) is 19.7 Å². The third-order valence-electron chi connectivity index (χ3n) is 4.89. The predicted molar refractivity (Wildman–Crippen MR) is 124 cm³/mol. The molecule has 12 nitrogen and oxygen atoms in total. The molecule has 34 heavy (non-hydrogen) atoms. The van der Waals surface area contributed by atoms with Crippen LogP contribution in [-0.2, 0) is 9.53 Å². The normalized spacial score (nSPS) is 13.4. The Morgan fingerprint density at radius 1 is 1.06 bits per heavy atom. The van der Waals surface area contributed by atoms with Crippen LogP contribution in [0.3, 0.4) is 0 Å². The highest BCUT2D eigenvalue weighted by molar-refractivity contribution is 7.99. The van der Waals surface area contributed by atoms with Crippen molar-refractivity contribution < 1.29 is 19.2 Å². The number of nitrogens with zero attached hydrogens (tertiary/aromatic N) is 5. The minimum Gasteiger partial charge on any atom is -0.378 e. The van der Waals surface area contributed by atoms with Gasteiger partial charge in [-0.25, -0.2) is 0 Å². The third-order valence-corrected chi connectivity index (χ3v) is 5.82. The zero-order valence-corrected chi connectivity index (χ0v) is 18.7. The van der Waals surface area contributed by atoms with Gasteiger partial charge in [-0.3, -0.25) is 35.1 Å². The molecule has 3 aromatic rings. The van der Waals surface area contributed by atoms with Crippen molar-refractivity contribution in [1.29, 1.82) is 0 Å². The number of amides is 2. The van der Waals surface area contributed by atoms with Gasteiger partial charge in [-0.05, 0) is 18.2 Å². The summed E-state index contributed by atoms with van der Waals surface area (Å²) in [6, 6.07) is 14.8. The highest BCUT2D eigenvalue weighted by Gasteiger charge is 2.22. The van der Waals surface area contributed by atoms with E-state index >= 15 is 0 Å². The van der Waals surface area contributed by atoms with E-state index in [-0.39, 0.29) is 17.0 Å². The molecular formula is C21H21N7O5S. The molecule has 2 N–H and O–H groups in total. The van der Waals surface area contributed by atoms with Gasteiger partial charge in [0, 0.05) is 30.8 Å². The van der Waals surface area contributed by atoms with Crippen LogP contribution in [0.25, 0.3) is 5.69 Å². The Bertz CT molecular complexity index is 1180. The largest absolute Gasteiger partial charge is 0.378 e. The first-order chi connectivity index (χ1) is 16.5. The molecule has 1 fully saturated rings. The first-order valence-corrected chi connectivity index (χ1v) is 11.3. The van der Waals surface area contributed by atoms with E-state index in [2.05, 4.69) is 25.9 Å². The second kappa shape index (κ2) is 10.8. The first-order valence-electron chi connectivity index (χ1n) is 10.3. The third kappa shape index (κ3) is 5.50. The van der Waals surface area contributed by atoms with Crippen molar-refractivity contribution in [3.8, 4) is 5.69 Å². The van der Waals surface area contributed by atoms with Crippen LogP contribution in [0.1, 0.15) is 10.4 Å². The molecule has 0 radical (unpaired) electrons. The van der Waals surface area contributed by atoms with Crippen LogP contribution in [-0.4, -0.2) is 63.6 Å². The van der Waals surface area contributed by atoms with Crippen molar-refractivity contribution >= 4 is 35.2 Å². The quantitative estimate of drug-likeness (QED) is 0.290. The molecule has 0 saturated carbocycles. The standard InChI is InChI=1S/C21H21N7O5S/c29-18(22-23-19(30)15-5-4-8-17(13-15)28(31)32)14-34-21-25-24-20(26-9-11-33-12-10-26)27(21)16-6-2-1-3-7-16/h1-8,13H,9-12,14H2,(H,22,29)(H,23,30). The molecule has 0 spiro atoms. The van der Waals surface area contributed by atoms with Crippen LogP contribution >= 0.6 is 11.8 Å². The van der Waals surface area contributed by atoms with Crippen molar-refractivity contribution in [3.05, 3.63) is 70.3 Å². The predicted octanol–water partition coefficient (Wildman–Crippen LogP) is 1.57. The van der Waals surface area contributed by atoms with Crippen molar-refractivity contribution in [2.24, 2.45) is 0 Å². The second-order valence-corrected chi connectivity index (χ2v) is 8.09. The smallest absolute Gasteiger partial charge is 0.270 e. The minimum atomic E-state index is -0.663. The Morgan fingerprint density at radius 2 is 1.82 bits per heavy atom. The van der Waals surface area contributed by atoms with Gasteiger partial charge in [0.05, 0.1) is 29.6 Å². The maximum absolute atomic E-state index is 12.3. The number of nitro benzene ring substituents is 1. The van der Waals surface area contributed by atoms with Crippen LogP contribution in [0, 0.1) is 10.1 Å². The summed E-state index contributed by atoms with van der Waals surface area (Å²) in [4.78, 5) is 36.9. The van der Waals surface area contributed by atoms with E-state index in [1.165, 1.54) is 30.0 Å². The Morgan fingerprint density at radius 3 is 2.56 bits per heavy atom. The minimum absolute atomic E-state index is 0.0384. The van der Waals surface area contributed by atoms with Gasteiger partial charge in [0.1, 0.15) is 0 Å². The molecule has 1 saturated heterocycles. The zero-order chi connectivity index (χ0) is 23.9. The lowest BCUT2D eigenvalue weighted by Gasteiger charge is -2.27. The number of benzene rings is 2. The van der Waals surface area contributed by atoms with Gasteiger partial charge >= 0.3 is 0 Å². The summed E-state index contributed by atoms with van der Waals surface area (Å²) >= 11 is 1.17.